The lowest BCUT2D eigenvalue weighted by Gasteiger charge is -2.20. The van der Waals surface area contributed by atoms with Crippen molar-refractivity contribution in [3.8, 4) is 0 Å². The molecule has 0 saturated carbocycles. The first kappa shape index (κ1) is 23.4. The molecule has 0 aliphatic carbocycles. The summed E-state index contributed by atoms with van der Waals surface area (Å²) in [6.07, 6.45) is 1.45. The van der Waals surface area contributed by atoms with Crippen molar-refractivity contribution in [2.24, 2.45) is 0 Å². The molecule has 2 rings (SSSR count). The Bertz CT molecular complexity index is 822. The van der Waals surface area contributed by atoms with Crippen LogP contribution in [0.4, 0.5) is 11.4 Å². The van der Waals surface area contributed by atoms with E-state index in [2.05, 4.69) is 10.6 Å². The maximum Gasteiger partial charge on any atom is 0.253 e. The fraction of sp³-hybridized carbons (Fsp3) is 0.417. The Labute approximate surface area is 179 Å². The first-order chi connectivity index (χ1) is 14.5. The summed E-state index contributed by atoms with van der Waals surface area (Å²) in [5, 5.41) is 5.91. The fourth-order valence-electron chi connectivity index (χ4n) is 3.29. The molecule has 0 aliphatic rings. The van der Waals surface area contributed by atoms with Crippen LogP contribution in [0.1, 0.15) is 48.5 Å². The number of nitrogens with one attached hydrogen (secondary N) is 2. The Kier molecular flexibility index (Phi) is 9.35. The van der Waals surface area contributed by atoms with E-state index in [4.69, 9.17) is 4.74 Å². The van der Waals surface area contributed by atoms with Crippen LogP contribution in [-0.2, 0) is 9.53 Å². The predicted molar refractivity (Wildman–Crippen MR) is 122 cm³/mol. The molecule has 30 heavy (non-hydrogen) atoms. The number of amides is 2. The van der Waals surface area contributed by atoms with Gasteiger partial charge in [0.15, 0.2) is 0 Å². The van der Waals surface area contributed by atoms with Gasteiger partial charge in [0.25, 0.3) is 5.91 Å². The Morgan fingerprint density at radius 2 is 1.80 bits per heavy atom. The first-order valence-corrected chi connectivity index (χ1v) is 10.5. The maximum atomic E-state index is 12.9. The first-order valence-electron chi connectivity index (χ1n) is 10.5. The molecule has 2 amide bonds. The van der Waals surface area contributed by atoms with E-state index in [9.17, 15) is 9.59 Å². The highest BCUT2D eigenvalue weighted by molar-refractivity contribution is 6.02. The topological polar surface area (TPSA) is 70.7 Å². The second-order valence-electron chi connectivity index (χ2n) is 7.29. The van der Waals surface area contributed by atoms with Gasteiger partial charge in [-0.2, -0.15) is 0 Å². The van der Waals surface area contributed by atoms with Crippen molar-refractivity contribution in [3.05, 3.63) is 59.7 Å². The van der Waals surface area contributed by atoms with Gasteiger partial charge in [0.05, 0.1) is 11.5 Å². The number of carbonyl (C=O) groups is 2. The van der Waals surface area contributed by atoms with Crippen molar-refractivity contribution >= 4 is 23.2 Å². The molecule has 6 heteroatoms. The molecule has 1 unspecified atom stereocenters. The van der Waals surface area contributed by atoms with Gasteiger partial charge in [-0.25, -0.2) is 0 Å². The molecule has 6 nitrogen and oxygen atoms in total. The summed E-state index contributed by atoms with van der Waals surface area (Å²) in [5.41, 5.74) is 2.92. The lowest BCUT2D eigenvalue weighted by Crippen LogP contribution is -2.28. The van der Waals surface area contributed by atoms with Crippen LogP contribution in [0.2, 0.25) is 0 Å². The second kappa shape index (κ2) is 12.0. The molecule has 162 valence electrons. The lowest BCUT2D eigenvalue weighted by molar-refractivity contribution is -0.117. The zero-order valence-electron chi connectivity index (χ0n) is 18.4. The van der Waals surface area contributed by atoms with Crippen molar-refractivity contribution in [1.29, 1.82) is 0 Å². The molecule has 0 bridgehead atoms. The second-order valence-corrected chi connectivity index (χ2v) is 7.29. The third-order valence-electron chi connectivity index (χ3n) is 4.87. The monoisotopic (exact) mass is 411 g/mol. The molecule has 0 saturated heterocycles. The van der Waals surface area contributed by atoms with E-state index in [0.29, 0.717) is 37.4 Å². The van der Waals surface area contributed by atoms with Gasteiger partial charge in [-0.1, -0.05) is 37.3 Å². The van der Waals surface area contributed by atoms with Crippen LogP contribution in [0.15, 0.2) is 48.5 Å². The van der Waals surface area contributed by atoms with E-state index < -0.39 is 0 Å². The van der Waals surface area contributed by atoms with Crippen LogP contribution >= 0.6 is 0 Å². The number of ether oxygens (including phenoxy) is 1. The number of nitrogens with zero attached hydrogens (tertiary/aromatic N) is 1. The standard InChI is InChI=1S/C24H33N3O3/c1-5-20(18-11-8-7-9-12-18)24(29)26-19-13-14-22(27(3)4)21(17-19)23(28)25-15-10-16-30-6-2/h7-9,11-14,17,20H,5-6,10,15-16H2,1-4H3,(H,25,28)(H,26,29). The lowest BCUT2D eigenvalue weighted by atomic mass is 9.95. The largest absolute Gasteiger partial charge is 0.382 e. The average Bonchev–Trinajstić information content (AvgIpc) is 2.74. The molecular weight excluding hydrogens is 378 g/mol. The molecule has 0 spiro atoms. The Balaban J connectivity index is 2.14. The van der Waals surface area contributed by atoms with Gasteiger partial charge in [-0.15, -0.1) is 0 Å². The minimum Gasteiger partial charge on any atom is -0.382 e. The summed E-state index contributed by atoms with van der Waals surface area (Å²) in [7, 11) is 3.78. The van der Waals surface area contributed by atoms with Crippen molar-refractivity contribution in [3.63, 3.8) is 0 Å². The van der Waals surface area contributed by atoms with Gasteiger partial charge < -0.3 is 20.3 Å². The van der Waals surface area contributed by atoms with E-state index in [-0.39, 0.29) is 17.7 Å². The normalized spacial score (nSPS) is 11.6. The van der Waals surface area contributed by atoms with Gasteiger partial charge in [0.1, 0.15) is 0 Å². The Morgan fingerprint density at radius 3 is 2.43 bits per heavy atom. The number of carbonyl (C=O) groups excluding carboxylic acids is 2. The van der Waals surface area contributed by atoms with E-state index >= 15 is 0 Å². The van der Waals surface area contributed by atoms with E-state index in [1.165, 1.54) is 0 Å². The predicted octanol–water partition coefficient (Wildman–Crippen LogP) is 4.04. The number of hydrogen-bond donors (Lipinski definition) is 2. The minimum atomic E-state index is -0.240. The quantitative estimate of drug-likeness (QED) is 0.548. The van der Waals surface area contributed by atoms with Crippen LogP contribution in [0, 0.1) is 0 Å². The van der Waals surface area contributed by atoms with Crippen molar-refractivity contribution in [2.75, 3.05) is 44.1 Å². The molecular formula is C24H33N3O3. The molecule has 2 aromatic carbocycles. The summed E-state index contributed by atoms with van der Waals surface area (Å²) in [4.78, 5) is 27.5. The van der Waals surface area contributed by atoms with Gasteiger partial charge >= 0.3 is 0 Å². The van der Waals surface area contributed by atoms with E-state index in [1.807, 2.05) is 75.3 Å². The van der Waals surface area contributed by atoms with E-state index in [0.717, 1.165) is 17.7 Å². The molecule has 0 radical (unpaired) electrons. The molecule has 0 heterocycles. The van der Waals surface area contributed by atoms with Crippen molar-refractivity contribution in [2.45, 2.75) is 32.6 Å². The van der Waals surface area contributed by atoms with Gasteiger partial charge in [0.2, 0.25) is 5.91 Å². The van der Waals surface area contributed by atoms with Crippen LogP contribution in [-0.4, -0.2) is 45.7 Å². The Hall–Kier alpha value is -2.86. The molecule has 0 fully saturated rings. The number of rotatable bonds is 11. The van der Waals surface area contributed by atoms with E-state index in [1.54, 1.807) is 6.07 Å². The third kappa shape index (κ3) is 6.59. The minimum absolute atomic E-state index is 0.0793. The highest BCUT2D eigenvalue weighted by Crippen LogP contribution is 2.25. The molecule has 0 aliphatic heterocycles. The summed E-state index contributed by atoms with van der Waals surface area (Å²) in [6.45, 7) is 5.76. The van der Waals surface area contributed by atoms with Gasteiger partial charge in [0, 0.05) is 45.2 Å². The highest BCUT2D eigenvalue weighted by atomic mass is 16.5. The summed E-state index contributed by atoms with van der Waals surface area (Å²) in [5.74, 6) is -0.485. The van der Waals surface area contributed by atoms with Crippen molar-refractivity contribution < 1.29 is 14.3 Å². The van der Waals surface area contributed by atoms with Crippen LogP contribution < -0.4 is 15.5 Å². The zero-order chi connectivity index (χ0) is 21.9. The summed E-state index contributed by atoms with van der Waals surface area (Å²) in [6, 6.07) is 15.2. The average molecular weight is 412 g/mol. The van der Waals surface area contributed by atoms with Gasteiger partial charge in [-0.3, -0.25) is 9.59 Å². The van der Waals surface area contributed by atoms with Crippen LogP contribution in [0.5, 0.6) is 0 Å². The summed E-state index contributed by atoms with van der Waals surface area (Å²) < 4.78 is 5.31. The molecule has 2 N–H and O–H groups in total. The van der Waals surface area contributed by atoms with Gasteiger partial charge in [-0.05, 0) is 43.5 Å². The Morgan fingerprint density at radius 1 is 1.07 bits per heavy atom. The number of benzene rings is 2. The fourth-order valence-corrected chi connectivity index (χ4v) is 3.29. The smallest absolute Gasteiger partial charge is 0.253 e. The highest BCUT2D eigenvalue weighted by Gasteiger charge is 2.20. The molecule has 1 atom stereocenters. The number of anilines is 2. The van der Waals surface area contributed by atoms with Crippen LogP contribution in [0.25, 0.3) is 0 Å². The molecule has 2 aromatic rings. The number of hydrogen-bond acceptors (Lipinski definition) is 4. The van der Waals surface area contributed by atoms with Crippen LogP contribution in [0.3, 0.4) is 0 Å². The zero-order valence-corrected chi connectivity index (χ0v) is 18.4. The van der Waals surface area contributed by atoms with Crippen molar-refractivity contribution in [1.82, 2.24) is 5.32 Å². The third-order valence-corrected chi connectivity index (χ3v) is 4.87. The summed E-state index contributed by atoms with van der Waals surface area (Å²) >= 11 is 0. The SMILES string of the molecule is CCOCCCNC(=O)c1cc(NC(=O)C(CC)c2ccccc2)ccc1N(C)C. The molecule has 0 aromatic heterocycles. The maximum absolute atomic E-state index is 12.9.